The van der Waals surface area contributed by atoms with E-state index in [2.05, 4.69) is 22.4 Å². The summed E-state index contributed by atoms with van der Waals surface area (Å²) in [6.07, 6.45) is 4.42. The molecule has 1 N–H and O–H groups in total. The molecule has 0 amide bonds. The second kappa shape index (κ2) is 5.50. The van der Waals surface area contributed by atoms with E-state index in [4.69, 9.17) is 4.74 Å². The van der Waals surface area contributed by atoms with Crippen molar-refractivity contribution < 1.29 is 4.74 Å². The Bertz CT molecular complexity index is 494. The summed E-state index contributed by atoms with van der Waals surface area (Å²) >= 11 is 1.62. The van der Waals surface area contributed by atoms with Crippen LogP contribution in [0, 0.1) is 0 Å². The molecule has 0 bridgehead atoms. The van der Waals surface area contributed by atoms with E-state index in [1.54, 1.807) is 11.3 Å². The Kier molecular flexibility index (Phi) is 3.57. The average molecular weight is 260 g/mol. The Balaban J connectivity index is 1.62. The van der Waals surface area contributed by atoms with Gasteiger partial charge in [0.2, 0.25) is 0 Å². The third kappa shape index (κ3) is 3.09. The number of hydrogen-bond acceptors (Lipinski definition) is 4. The largest absolute Gasteiger partial charge is 0.486 e. The summed E-state index contributed by atoms with van der Waals surface area (Å²) in [7, 11) is 0. The van der Waals surface area contributed by atoms with Gasteiger partial charge in [-0.25, -0.2) is 4.98 Å². The number of benzene rings is 1. The van der Waals surface area contributed by atoms with Crippen LogP contribution in [0.5, 0.6) is 5.75 Å². The Morgan fingerprint density at radius 1 is 1.33 bits per heavy atom. The zero-order valence-electron chi connectivity index (χ0n) is 10.1. The van der Waals surface area contributed by atoms with Gasteiger partial charge in [-0.15, -0.1) is 11.3 Å². The normalized spacial score (nSPS) is 14.7. The van der Waals surface area contributed by atoms with Crippen LogP contribution >= 0.6 is 11.3 Å². The fourth-order valence-corrected chi connectivity index (χ4v) is 2.32. The van der Waals surface area contributed by atoms with Crippen molar-refractivity contribution in [2.24, 2.45) is 0 Å². The van der Waals surface area contributed by atoms with E-state index in [9.17, 15) is 0 Å². The highest BCUT2D eigenvalue weighted by Crippen LogP contribution is 2.23. The number of aromatic nitrogens is 1. The first kappa shape index (κ1) is 11.7. The van der Waals surface area contributed by atoms with Gasteiger partial charge in [-0.2, -0.15) is 0 Å². The molecule has 1 heterocycles. The zero-order valence-corrected chi connectivity index (χ0v) is 11.0. The number of rotatable bonds is 6. The molecule has 1 fully saturated rings. The van der Waals surface area contributed by atoms with Gasteiger partial charge < -0.3 is 10.1 Å². The number of hydrogen-bond donors (Lipinski definition) is 1. The smallest absolute Gasteiger partial charge is 0.140 e. The summed E-state index contributed by atoms with van der Waals surface area (Å²) in [4.78, 5) is 4.22. The number of nitrogens with zero attached hydrogens (tertiary/aromatic N) is 1. The minimum atomic E-state index is 0.554. The third-order valence-corrected chi connectivity index (χ3v) is 3.72. The lowest BCUT2D eigenvalue weighted by molar-refractivity contribution is 0.301. The lowest BCUT2D eigenvalue weighted by Gasteiger charge is -2.10. The molecule has 0 radical (unpaired) electrons. The average Bonchev–Trinajstić information content (AvgIpc) is 3.09. The van der Waals surface area contributed by atoms with Crippen LogP contribution in [-0.2, 0) is 13.2 Å². The number of para-hydroxylation sites is 1. The van der Waals surface area contributed by atoms with E-state index in [1.165, 1.54) is 18.4 Å². The van der Waals surface area contributed by atoms with E-state index < -0.39 is 0 Å². The first-order valence-corrected chi connectivity index (χ1v) is 7.12. The molecular formula is C14H16N2OS. The van der Waals surface area contributed by atoms with Crippen molar-refractivity contribution in [3.05, 3.63) is 46.4 Å². The monoisotopic (exact) mass is 260 g/mol. The summed E-state index contributed by atoms with van der Waals surface area (Å²) in [6, 6.07) is 8.93. The molecule has 1 aliphatic carbocycles. The topological polar surface area (TPSA) is 34.1 Å². The first-order chi connectivity index (χ1) is 8.92. The highest BCUT2D eigenvalue weighted by Gasteiger charge is 2.20. The van der Waals surface area contributed by atoms with Gasteiger partial charge in [0.1, 0.15) is 17.4 Å². The van der Waals surface area contributed by atoms with Gasteiger partial charge in [0.05, 0.1) is 0 Å². The zero-order chi connectivity index (χ0) is 12.2. The lowest BCUT2D eigenvalue weighted by atomic mass is 10.2. The molecule has 4 heteroatoms. The molecule has 0 spiro atoms. The molecule has 0 unspecified atom stereocenters. The summed E-state index contributed by atoms with van der Waals surface area (Å²) in [5.74, 6) is 0.959. The quantitative estimate of drug-likeness (QED) is 0.867. The number of thiazole rings is 1. The fraction of sp³-hybridized carbons (Fsp3) is 0.357. The standard InChI is InChI=1S/C14H16N2OS/c1-2-4-13(17-10-14-15-7-8-18-14)11(3-1)9-16-12-5-6-12/h1-4,7-8,12,16H,5-6,9-10H2. The highest BCUT2D eigenvalue weighted by molar-refractivity contribution is 7.09. The van der Waals surface area contributed by atoms with Gasteiger partial charge in [0.15, 0.2) is 0 Å². The maximum Gasteiger partial charge on any atom is 0.140 e. The summed E-state index contributed by atoms with van der Waals surface area (Å²) in [5, 5.41) is 6.50. The Labute approximate surface area is 111 Å². The SMILES string of the molecule is c1ccc(OCc2nccs2)c(CNC2CC2)c1. The van der Waals surface area contributed by atoms with Gasteiger partial charge in [-0.3, -0.25) is 0 Å². The van der Waals surface area contributed by atoms with Crippen LogP contribution in [0.1, 0.15) is 23.4 Å². The maximum atomic E-state index is 5.84. The van der Waals surface area contributed by atoms with Crippen LogP contribution in [0.2, 0.25) is 0 Å². The minimum absolute atomic E-state index is 0.554. The van der Waals surface area contributed by atoms with Crippen molar-refractivity contribution in [2.75, 3.05) is 0 Å². The molecular weight excluding hydrogens is 244 g/mol. The minimum Gasteiger partial charge on any atom is -0.486 e. The van der Waals surface area contributed by atoms with Crippen LogP contribution in [0.25, 0.3) is 0 Å². The van der Waals surface area contributed by atoms with Crippen molar-refractivity contribution in [2.45, 2.75) is 32.0 Å². The van der Waals surface area contributed by atoms with Crippen LogP contribution in [-0.4, -0.2) is 11.0 Å². The Morgan fingerprint density at radius 3 is 3.00 bits per heavy atom. The molecule has 1 aliphatic rings. The molecule has 94 valence electrons. The molecule has 1 aromatic heterocycles. The van der Waals surface area contributed by atoms with Crippen molar-refractivity contribution in [3.63, 3.8) is 0 Å². The second-order valence-corrected chi connectivity index (χ2v) is 5.46. The van der Waals surface area contributed by atoms with Gasteiger partial charge in [0.25, 0.3) is 0 Å². The predicted octanol–water partition coefficient (Wildman–Crippen LogP) is 2.97. The molecule has 3 nitrogen and oxygen atoms in total. The predicted molar refractivity (Wildman–Crippen MR) is 72.7 cm³/mol. The van der Waals surface area contributed by atoms with Crippen LogP contribution in [0.4, 0.5) is 0 Å². The van der Waals surface area contributed by atoms with E-state index in [0.717, 1.165) is 23.3 Å². The molecule has 18 heavy (non-hydrogen) atoms. The van der Waals surface area contributed by atoms with Crippen LogP contribution in [0.15, 0.2) is 35.8 Å². The van der Waals surface area contributed by atoms with Gasteiger partial charge in [0, 0.05) is 29.7 Å². The fourth-order valence-electron chi connectivity index (χ4n) is 1.80. The number of nitrogens with one attached hydrogen (secondary N) is 1. The molecule has 0 aliphatic heterocycles. The van der Waals surface area contributed by atoms with E-state index in [0.29, 0.717) is 6.61 Å². The molecule has 0 saturated heterocycles. The van der Waals surface area contributed by atoms with Gasteiger partial charge in [-0.05, 0) is 18.9 Å². The van der Waals surface area contributed by atoms with Gasteiger partial charge >= 0.3 is 0 Å². The molecule has 2 aromatic rings. The van der Waals surface area contributed by atoms with E-state index in [1.807, 2.05) is 23.7 Å². The van der Waals surface area contributed by atoms with Crippen molar-refractivity contribution >= 4 is 11.3 Å². The third-order valence-electron chi connectivity index (χ3n) is 2.97. The summed E-state index contributed by atoms with van der Waals surface area (Å²) < 4.78 is 5.84. The highest BCUT2D eigenvalue weighted by atomic mass is 32.1. The summed E-state index contributed by atoms with van der Waals surface area (Å²) in [6.45, 7) is 1.44. The first-order valence-electron chi connectivity index (χ1n) is 6.24. The Hall–Kier alpha value is -1.39. The van der Waals surface area contributed by atoms with Crippen molar-refractivity contribution in [1.29, 1.82) is 0 Å². The van der Waals surface area contributed by atoms with Crippen molar-refractivity contribution in [1.82, 2.24) is 10.3 Å². The lowest BCUT2D eigenvalue weighted by Crippen LogP contribution is -2.16. The second-order valence-electron chi connectivity index (χ2n) is 4.48. The van der Waals surface area contributed by atoms with Gasteiger partial charge in [-0.1, -0.05) is 18.2 Å². The molecule has 0 atom stereocenters. The van der Waals surface area contributed by atoms with Crippen molar-refractivity contribution in [3.8, 4) is 5.75 Å². The Morgan fingerprint density at radius 2 is 2.22 bits per heavy atom. The van der Waals surface area contributed by atoms with E-state index >= 15 is 0 Å². The van der Waals surface area contributed by atoms with Crippen LogP contribution < -0.4 is 10.1 Å². The van der Waals surface area contributed by atoms with Crippen LogP contribution in [0.3, 0.4) is 0 Å². The van der Waals surface area contributed by atoms with E-state index in [-0.39, 0.29) is 0 Å². The number of ether oxygens (including phenoxy) is 1. The summed E-state index contributed by atoms with van der Waals surface area (Å²) in [5.41, 5.74) is 1.22. The molecule has 1 aromatic carbocycles. The molecule has 1 saturated carbocycles. The maximum absolute atomic E-state index is 5.84. The molecule has 3 rings (SSSR count).